The van der Waals surface area contributed by atoms with E-state index < -0.39 is 0 Å². The molecule has 0 bridgehead atoms. The molecule has 1 radical (unpaired) electrons. The summed E-state index contributed by atoms with van der Waals surface area (Å²) in [6.45, 7) is 1.44. The van der Waals surface area contributed by atoms with Gasteiger partial charge in [-0.2, -0.15) is 0 Å². The SMILES string of the molecule is [O]CC1COC1. The predicted octanol–water partition coefficient (Wildman–Crippen LogP) is 0.0633. The van der Waals surface area contributed by atoms with Crippen molar-refractivity contribution < 1.29 is 9.84 Å². The Balaban J connectivity index is 2.01. The summed E-state index contributed by atoms with van der Waals surface area (Å²) in [6.07, 6.45) is 0. The van der Waals surface area contributed by atoms with Crippen LogP contribution in [0.25, 0.3) is 0 Å². The average molecular weight is 87.1 g/mol. The topological polar surface area (TPSA) is 29.1 Å². The van der Waals surface area contributed by atoms with Crippen LogP contribution in [-0.4, -0.2) is 19.8 Å². The van der Waals surface area contributed by atoms with Crippen molar-refractivity contribution in [2.45, 2.75) is 0 Å². The second-order valence-electron chi connectivity index (χ2n) is 1.57. The third kappa shape index (κ3) is 0.533. The fraction of sp³-hybridized carbons (Fsp3) is 1.00. The first-order valence-corrected chi connectivity index (χ1v) is 2.09. The summed E-state index contributed by atoms with van der Waals surface area (Å²) in [5.41, 5.74) is 0. The van der Waals surface area contributed by atoms with Gasteiger partial charge in [0.25, 0.3) is 0 Å². The summed E-state index contributed by atoms with van der Waals surface area (Å²) in [6, 6.07) is 0. The van der Waals surface area contributed by atoms with Gasteiger partial charge in [-0.05, 0) is 0 Å². The number of rotatable bonds is 1. The summed E-state index contributed by atoms with van der Waals surface area (Å²) in [5, 5.41) is 9.83. The van der Waals surface area contributed by atoms with Gasteiger partial charge in [0.2, 0.25) is 0 Å². The van der Waals surface area contributed by atoms with Crippen LogP contribution in [0.2, 0.25) is 0 Å². The third-order valence-electron chi connectivity index (χ3n) is 0.943. The summed E-state index contributed by atoms with van der Waals surface area (Å²) < 4.78 is 4.73. The van der Waals surface area contributed by atoms with E-state index in [4.69, 9.17) is 4.74 Å². The lowest BCUT2D eigenvalue weighted by molar-refractivity contribution is -0.0683. The van der Waals surface area contributed by atoms with Crippen LogP contribution >= 0.6 is 0 Å². The maximum absolute atomic E-state index is 9.83. The molecule has 2 nitrogen and oxygen atoms in total. The number of ether oxygens (including phenoxy) is 1. The Kier molecular flexibility index (Phi) is 1.08. The zero-order chi connectivity index (χ0) is 4.41. The highest BCUT2D eigenvalue weighted by atomic mass is 16.5. The molecule has 1 aliphatic rings. The van der Waals surface area contributed by atoms with E-state index in [1.54, 1.807) is 0 Å². The summed E-state index contributed by atoms with van der Waals surface area (Å²) in [7, 11) is 0. The maximum Gasteiger partial charge on any atom is 0.0894 e. The molecule has 0 aromatic carbocycles. The van der Waals surface area contributed by atoms with Gasteiger partial charge in [-0.3, -0.25) is 0 Å². The molecule has 1 fully saturated rings. The van der Waals surface area contributed by atoms with Crippen molar-refractivity contribution in [3.8, 4) is 0 Å². The molecule has 1 heterocycles. The Morgan fingerprint density at radius 2 is 2.33 bits per heavy atom. The van der Waals surface area contributed by atoms with Crippen molar-refractivity contribution in [2.75, 3.05) is 19.8 Å². The lowest BCUT2D eigenvalue weighted by atomic mass is 10.1. The maximum atomic E-state index is 9.83. The smallest absolute Gasteiger partial charge is 0.0894 e. The van der Waals surface area contributed by atoms with E-state index in [1.807, 2.05) is 0 Å². The zero-order valence-electron chi connectivity index (χ0n) is 3.52. The second kappa shape index (κ2) is 1.58. The van der Waals surface area contributed by atoms with Gasteiger partial charge in [0.05, 0.1) is 19.8 Å². The molecule has 0 unspecified atom stereocenters. The highest BCUT2D eigenvalue weighted by Crippen LogP contribution is 2.06. The Bertz CT molecular complexity index is 38.1. The first-order chi connectivity index (χ1) is 2.93. The molecule has 35 valence electrons. The van der Waals surface area contributed by atoms with Crippen LogP contribution in [0.15, 0.2) is 0 Å². The first-order valence-electron chi connectivity index (χ1n) is 2.09. The molecule has 0 N–H and O–H groups in total. The average Bonchev–Trinajstić information content (AvgIpc) is 1.31. The van der Waals surface area contributed by atoms with Crippen molar-refractivity contribution in [3.63, 3.8) is 0 Å². The zero-order valence-corrected chi connectivity index (χ0v) is 3.52. The Hall–Kier alpha value is -0.0800. The van der Waals surface area contributed by atoms with Crippen LogP contribution in [0.3, 0.4) is 0 Å². The molecule has 0 saturated carbocycles. The normalized spacial score (nSPS) is 23.5. The van der Waals surface area contributed by atoms with Crippen molar-refractivity contribution >= 4 is 0 Å². The van der Waals surface area contributed by atoms with Gasteiger partial charge < -0.3 is 4.74 Å². The largest absolute Gasteiger partial charge is 0.381 e. The van der Waals surface area contributed by atoms with Crippen molar-refractivity contribution in [1.82, 2.24) is 0 Å². The molecule has 1 saturated heterocycles. The molecule has 0 aromatic rings. The van der Waals surface area contributed by atoms with Gasteiger partial charge in [0, 0.05) is 5.92 Å². The highest BCUT2D eigenvalue weighted by molar-refractivity contribution is 4.61. The van der Waals surface area contributed by atoms with E-state index in [0.29, 0.717) is 19.1 Å². The predicted molar refractivity (Wildman–Crippen MR) is 19.9 cm³/mol. The summed E-state index contributed by atoms with van der Waals surface area (Å²) in [5.74, 6) is 0.338. The van der Waals surface area contributed by atoms with Gasteiger partial charge in [-0.1, -0.05) is 0 Å². The minimum Gasteiger partial charge on any atom is -0.381 e. The fourth-order valence-electron chi connectivity index (χ4n) is 0.381. The second-order valence-corrected chi connectivity index (χ2v) is 1.57. The van der Waals surface area contributed by atoms with Crippen LogP contribution in [0, 0.1) is 5.92 Å². The van der Waals surface area contributed by atoms with Crippen molar-refractivity contribution in [3.05, 3.63) is 0 Å². The highest BCUT2D eigenvalue weighted by Gasteiger charge is 2.16. The Morgan fingerprint density at radius 1 is 1.67 bits per heavy atom. The molecular weight excluding hydrogens is 80.0 g/mol. The van der Waals surface area contributed by atoms with Crippen LogP contribution < -0.4 is 0 Å². The summed E-state index contributed by atoms with van der Waals surface area (Å²) in [4.78, 5) is 0. The van der Waals surface area contributed by atoms with E-state index in [9.17, 15) is 5.11 Å². The molecule has 0 amide bonds. The number of hydrogen-bond donors (Lipinski definition) is 0. The van der Waals surface area contributed by atoms with Crippen LogP contribution in [0.5, 0.6) is 0 Å². The summed E-state index contributed by atoms with van der Waals surface area (Å²) >= 11 is 0. The fourth-order valence-corrected chi connectivity index (χ4v) is 0.381. The van der Waals surface area contributed by atoms with E-state index in [1.165, 1.54) is 0 Å². The van der Waals surface area contributed by atoms with Crippen LogP contribution in [0.1, 0.15) is 0 Å². The lowest BCUT2D eigenvalue weighted by Gasteiger charge is -2.22. The molecular formula is C4H7O2. The standard InChI is InChI=1S/C4H7O2/c5-1-4-2-6-3-4/h4H,1-3H2. The Labute approximate surface area is 36.7 Å². The number of hydrogen-bond acceptors (Lipinski definition) is 1. The molecule has 0 aliphatic carbocycles. The quantitative estimate of drug-likeness (QED) is 0.444. The molecule has 1 aliphatic heterocycles. The van der Waals surface area contributed by atoms with E-state index in [0.717, 1.165) is 0 Å². The van der Waals surface area contributed by atoms with Crippen molar-refractivity contribution in [2.24, 2.45) is 5.92 Å². The Morgan fingerprint density at radius 3 is 2.33 bits per heavy atom. The molecule has 0 atom stereocenters. The first kappa shape index (κ1) is 4.09. The van der Waals surface area contributed by atoms with Crippen LogP contribution in [-0.2, 0) is 9.84 Å². The van der Waals surface area contributed by atoms with E-state index in [-0.39, 0.29) is 6.61 Å². The minimum atomic E-state index is 0.0417. The monoisotopic (exact) mass is 87.0 g/mol. The van der Waals surface area contributed by atoms with Gasteiger partial charge >= 0.3 is 0 Å². The molecule has 2 heteroatoms. The van der Waals surface area contributed by atoms with Gasteiger partial charge in [0.15, 0.2) is 0 Å². The van der Waals surface area contributed by atoms with E-state index >= 15 is 0 Å². The molecule has 0 aromatic heterocycles. The molecule has 0 spiro atoms. The minimum absolute atomic E-state index is 0.0417. The third-order valence-corrected chi connectivity index (χ3v) is 0.943. The molecule has 1 rings (SSSR count). The molecule has 6 heavy (non-hydrogen) atoms. The van der Waals surface area contributed by atoms with E-state index in [2.05, 4.69) is 0 Å². The van der Waals surface area contributed by atoms with Crippen LogP contribution in [0.4, 0.5) is 0 Å². The van der Waals surface area contributed by atoms with Crippen molar-refractivity contribution in [1.29, 1.82) is 0 Å². The van der Waals surface area contributed by atoms with Gasteiger partial charge in [-0.15, -0.1) is 0 Å². The lowest BCUT2D eigenvalue weighted by Crippen LogP contribution is -2.29. The van der Waals surface area contributed by atoms with Gasteiger partial charge in [0.1, 0.15) is 0 Å². The van der Waals surface area contributed by atoms with Gasteiger partial charge in [-0.25, -0.2) is 5.11 Å².